The Morgan fingerprint density at radius 2 is 2.00 bits per heavy atom. The SMILES string of the molecule is NC([C]=O)Cc1ccc(Br)cc1. The van der Waals surface area contributed by atoms with Crippen molar-refractivity contribution in [1.82, 2.24) is 0 Å². The van der Waals surface area contributed by atoms with Crippen molar-refractivity contribution in [3.05, 3.63) is 34.3 Å². The van der Waals surface area contributed by atoms with Crippen LogP contribution >= 0.6 is 15.9 Å². The summed E-state index contributed by atoms with van der Waals surface area (Å²) >= 11 is 3.32. The molecule has 0 bridgehead atoms. The minimum absolute atomic E-state index is 0.508. The molecule has 1 radical (unpaired) electrons. The molecule has 0 fully saturated rings. The predicted octanol–water partition coefficient (Wildman–Crippen LogP) is 1.43. The number of carbonyl (C=O) groups excluding carboxylic acids is 1. The first-order valence-electron chi connectivity index (χ1n) is 3.60. The van der Waals surface area contributed by atoms with Crippen LogP contribution in [0.1, 0.15) is 5.56 Å². The first-order valence-corrected chi connectivity index (χ1v) is 4.39. The van der Waals surface area contributed by atoms with Gasteiger partial charge in [-0.25, -0.2) is 0 Å². The molecule has 1 aromatic carbocycles. The summed E-state index contributed by atoms with van der Waals surface area (Å²) in [6.07, 6.45) is 2.30. The van der Waals surface area contributed by atoms with E-state index in [1.165, 1.54) is 0 Å². The van der Waals surface area contributed by atoms with E-state index >= 15 is 0 Å². The molecular formula is C9H9BrNO. The summed E-state index contributed by atoms with van der Waals surface area (Å²) in [5, 5.41) is 0. The van der Waals surface area contributed by atoms with Gasteiger partial charge in [-0.3, -0.25) is 4.79 Å². The Morgan fingerprint density at radius 3 is 2.50 bits per heavy atom. The van der Waals surface area contributed by atoms with Crippen molar-refractivity contribution < 1.29 is 4.79 Å². The standard InChI is InChI=1S/C9H9BrNO/c10-8-3-1-7(2-4-8)5-9(11)6-12/h1-4,9H,5,11H2. The van der Waals surface area contributed by atoms with E-state index in [9.17, 15) is 4.79 Å². The van der Waals surface area contributed by atoms with Gasteiger partial charge in [0, 0.05) is 4.47 Å². The zero-order valence-electron chi connectivity index (χ0n) is 6.46. The van der Waals surface area contributed by atoms with Crippen LogP contribution in [0, 0.1) is 0 Å². The van der Waals surface area contributed by atoms with Crippen LogP contribution in [0.25, 0.3) is 0 Å². The van der Waals surface area contributed by atoms with Gasteiger partial charge in [0.15, 0.2) is 0 Å². The van der Waals surface area contributed by atoms with Gasteiger partial charge < -0.3 is 5.73 Å². The molecule has 0 amide bonds. The molecule has 12 heavy (non-hydrogen) atoms. The van der Waals surface area contributed by atoms with Gasteiger partial charge >= 0.3 is 0 Å². The summed E-state index contributed by atoms with van der Waals surface area (Å²) < 4.78 is 1.02. The maximum absolute atomic E-state index is 10.1. The third-order valence-corrected chi connectivity index (χ3v) is 2.05. The monoisotopic (exact) mass is 226 g/mol. The van der Waals surface area contributed by atoms with Crippen molar-refractivity contribution >= 4 is 22.2 Å². The van der Waals surface area contributed by atoms with E-state index in [0.717, 1.165) is 10.0 Å². The highest BCUT2D eigenvalue weighted by molar-refractivity contribution is 9.10. The number of nitrogens with two attached hydrogens (primary N) is 1. The van der Waals surface area contributed by atoms with E-state index in [0.29, 0.717) is 6.42 Å². The average Bonchev–Trinajstić information content (AvgIpc) is 2.09. The van der Waals surface area contributed by atoms with Gasteiger partial charge in [-0.2, -0.15) is 0 Å². The molecule has 0 aliphatic heterocycles. The Kier molecular flexibility index (Phi) is 3.44. The van der Waals surface area contributed by atoms with E-state index in [4.69, 9.17) is 5.73 Å². The van der Waals surface area contributed by atoms with Crippen LogP contribution in [-0.4, -0.2) is 12.3 Å². The molecule has 1 atom stereocenters. The van der Waals surface area contributed by atoms with Crippen LogP contribution in [0.4, 0.5) is 0 Å². The second-order valence-corrected chi connectivity index (χ2v) is 3.47. The van der Waals surface area contributed by atoms with Gasteiger partial charge in [0.25, 0.3) is 0 Å². The molecule has 0 spiro atoms. The van der Waals surface area contributed by atoms with Crippen molar-refractivity contribution in [3.8, 4) is 0 Å². The number of rotatable bonds is 3. The molecule has 2 N–H and O–H groups in total. The smallest absolute Gasteiger partial charge is 0.217 e. The zero-order valence-corrected chi connectivity index (χ0v) is 8.04. The first kappa shape index (κ1) is 9.42. The van der Waals surface area contributed by atoms with Crippen molar-refractivity contribution in [2.75, 3.05) is 0 Å². The summed E-state index contributed by atoms with van der Waals surface area (Å²) in [4.78, 5) is 10.1. The molecule has 0 aliphatic rings. The molecular weight excluding hydrogens is 218 g/mol. The lowest BCUT2D eigenvalue weighted by Gasteiger charge is -2.02. The van der Waals surface area contributed by atoms with Gasteiger partial charge in [-0.15, -0.1) is 0 Å². The summed E-state index contributed by atoms with van der Waals surface area (Å²) in [5.41, 5.74) is 6.46. The fraction of sp³-hybridized carbons (Fsp3) is 0.222. The lowest BCUT2D eigenvalue weighted by molar-refractivity contribution is 0.541. The van der Waals surface area contributed by atoms with E-state index in [2.05, 4.69) is 15.9 Å². The Hall–Kier alpha value is -0.670. The molecule has 0 heterocycles. The number of hydrogen-bond donors (Lipinski definition) is 1. The maximum atomic E-state index is 10.1. The first-order chi connectivity index (χ1) is 5.72. The number of benzene rings is 1. The highest BCUT2D eigenvalue weighted by Crippen LogP contribution is 2.11. The third kappa shape index (κ3) is 2.75. The third-order valence-electron chi connectivity index (χ3n) is 1.52. The van der Waals surface area contributed by atoms with E-state index in [1.54, 1.807) is 6.29 Å². The lowest BCUT2D eigenvalue weighted by atomic mass is 10.1. The second-order valence-electron chi connectivity index (χ2n) is 2.55. The quantitative estimate of drug-likeness (QED) is 0.848. The molecule has 0 saturated carbocycles. The van der Waals surface area contributed by atoms with E-state index < -0.39 is 6.04 Å². The second kappa shape index (κ2) is 4.38. The molecule has 0 aliphatic carbocycles. The van der Waals surface area contributed by atoms with Crippen molar-refractivity contribution in [2.24, 2.45) is 5.73 Å². The number of hydrogen-bond acceptors (Lipinski definition) is 2. The van der Waals surface area contributed by atoms with Crippen molar-refractivity contribution in [3.63, 3.8) is 0 Å². The molecule has 3 heteroatoms. The summed E-state index contributed by atoms with van der Waals surface area (Å²) in [5.74, 6) is 0. The molecule has 1 rings (SSSR count). The molecule has 0 saturated heterocycles. The largest absolute Gasteiger partial charge is 0.321 e. The van der Waals surface area contributed by atoms with Crippen LogP contribution in [-0.2, 0) is 11.2 Å². The fourth-order valence-electron chi connectivity index (χ4n) is 0.916. The molecule has 1 aromatic rings. The molecule has 2 nitrogen and oxygen atoms in total. The van der Waals surface area contributed by atoms with E-state index in [1.807, 2.05) is 24.3 Å². The minimum Gasteiger partial charge on any atom is -0.321 e. The minimum atomic E-state index is -0.508. The van der Waals surface area contributed by atoms with Crippen molar-refractivity contribution in [2.45, 2.75) is 12.5 Å². The van der Waals surface area contributed by atoms with Gasteiger partial charge in [-0.1, -0.05) is 28.1 Å². The maximum Gasteiger partial charge on any atom is 0.217 e. The Labute approximate surface area is 79.9 Å². The highest BCUT2D eigenvalue weighted by atomic mass is 79.9. The van der Waals surface area contributed by atoms with Gasteiger partial charge in [0.1, 0.15) is 0 Å². The topological polar surface area (TPSA) is 43.1 Å². The van der Waals surface area contributed by atoms with Crippen LogP contribution < -0.4 is 5.73 Å². The van der Waals surface area contributed by atoms with Crippen LogP contribution in [0.15, 0.2) is 28.7 Å². The lowest BCUT2D eigenvalue weighted by Crippen LogP contribution is -2.23. The number of halogens is 1. The van der Waals surface area contributed by atoms with Crippen LogP contribution in [0.3, 0.4) is 0 Å². The normalized spacial score (nSPS) is 12.5. The molecule has 1 unspecified atom stereocenters. The predicted molar refractivity (Wildman–Crippen MR) is 51.5 cm³/mol. The Morgan fingerprint density at radius 1 is 1.42 bits per heavy atom. The summed E-state index contributed by atoms with van der Waals surface area (Å²) in [7, 11) is 0. The summed E-state index contributed by atoms with van der Waals surface area (Å²) in [6, 6.07) is 7.20. The van der Waals surface area contributed by atoms with Crippen molar-refractivity contribution in [1.29, 1.82) is 0 Å². The van der Waals surface area contributed by atoms with Gasteiger partial charge in [0.2, 0.25) is 6.29 Å². The Balaban J connectivity index is 2.64. The zero-order chi connectivity index (χ0) is 8.97. The summed E-state index contributed by atoms with van der Waals surface area (Å²) in [6.45, 7) is 0. The highest BCUT2D eigenvalue weighted by Gasteiger charge is 2.01. The van der Waals surface area contributed by atoms with E-state index in [-0.39, 0.29) is 0 Å². The van der Waals surface area contributed by atoms with Gasteiger partial charge in [0.05, 0.1) is 6.04 Å². The van der Waals surface area contributed by atoms with Crippen LogP contribution in [0.2, 0.25) is 0 Å². The van der Waals surface area contributed by atoms with Crippen LogP contribution in [0.5, 0.6) is 0 Å². The molecule has 0 aromatic heterocycles. The average molecular weight is 227 g/mol. The van der Waals surface area contributed by atoms with Gasteiger partial charge in [-0.05, 0) is 24.1 Å². The fourth-order valence-corrected chi connectivity index (χ4v) is 1.18. The molecule has 63 valence electrons. The Bertz CT molecular complexity index is 258.